The summed E-state index contributed by atoms with van der Waals surface area (Å²) in [6.07, 6.45) is 0.176. The third-order valence-corrected chi connectivity index (χ3v) is 3.26. The van der Waals surface area contributed by atoms with Gasteiger partial charge < -0.3 is 15.0 Å². The third kappa shape index (κ3) is 5.72. The number of amides is 2. The van der Waals surface area contributed by atoms with E-state index in [2.05, 4.69) is 5.32 Å². The van der Waals surface area contributed by atoms with E-state index < -0.39 is 0 Å². The van der Waals surface area contributed by atoms with Gasteiger partial charge in [0.25, 0.3) is 0 Å². The number of nitrogens with one attached hydrogen (secondary N) is 1. The Balaban J connectivity index is 1.72. The average molecular weight is 330 g/mol. The van der Waals surface area contributed by atoms with Gasteiger partial charge in [-0.2, -0.15) is 0 Å². The van der Waals surface area contributed by atoms with Crippen molar-refractivity contribution >= 4 is 17.5 Å². The quantitative estimate of drug-likeness (QED) is 0.849. The van der Waals surface area contributed by atoms with Crippen LogP contribution in [-0.2, 0) is 9.59 Å². The zero-order valence-corrected chi connectivity index (χ0v) is 13.4. The smallest absolute Gasteiger partial charge is 0.243 e. The van der Waals surface area contributed by atoms with Crippen LogP contribution in [0.15, 0.2) is 54.6 Å². The predicted octanol–water partition coefficient (Wildman–Crippen LogP) is 2.69. The summed E-state index contributed by atoms with van der Waals surface area (Å²) in [7, 11) is 1.55. The summed E-state index contributed by atoms with van der Waals surface area (Å²) in [5, 5.41) is 2.61. The molecule has 0 aliphatic carbocycles. The molecule has 6 heteroatoms. The van der Waals surface area contributed by atoms with Gasteiger partial charge in [-0.05, 0) is 36.4 Å². The van der Waals surface area contributed by atoms with Crippen molar-refractivity contribution in [3.8, 4) is 5.75 Å². The summed E-state index contributed by atoms with van der Waals surface area (Å²) >= 11 is 0. The van der Waals surface area contributed by atoms with Gasteiger partial charge in [0.15, 0.2) is 0 Å². The van der Waals surface area contributed by atoms with Gasteiger partial charge in [0.1, 0.15) is 11.6 Å². The molecular formula is C18H19FN2O3. The Morgan fingerprint density at radius 2 is 1.75 bits per heavy atom. The van der Waals surface area contributed by atoms with E-state index in [4.69, 9.17) is 4.74 Å². The van der Waals surface area contributed by atoms with E-state index in [0.717, 1.165) is 0 Å². The molecule has 2 rings (SSSR count). The van der Waals surface area contributed by atoms with Gasteiger partial charge in [-0.3, -0.25) is 9.59 Å². The fraction of sp³-hybridized carbons (Fsp3) is 0.222. The monoisotopic (exact) mass is 330 g/mol. The number of likely N-dealkylation sites (N-methyl/N-ethyl adjacent to an activating group) is 1. The number of halogens is 1. The van der Waals surface area contributed by atoms with Gasteiger partial charge >= 0.3 is 0 Å². The number of carbonyl (C=O) groups is 2. The van der Waals surface area contributed by atoms with Crippen molar-refractivity contribution < 1.29 is 18.7 Å². The molecule has 126 valence electrons. The molecule has 24 heavy (non-hydrogen) atoms. The lowest BCUT2D eigenvalue weighted by atomic mass is 10.3. The molecule has 2 aromatic carbocycles. The van der Waals surface area contributed by atoms with E-state index >= 15 is 0 Å². The molecule has 0 unspecified atom stereocenters. The highest BCUT2D eigenvalue weighted by molar-refractivity contribution is 5.94. The van der Waals surface area contributed by atoms with Gasteiger partial charge in [-0.15, -0.1) is 0 Å². The topological polar surface area (TPSA) is 58.6 Å². The first-order valence-electron chi connectivity index (χ1n) is 7.52. The zero-order chi connectivity index (χ0) is 17.4. The minimum Gasteiger partial charge on any atom is -0.493 e. The Morgan fingerprint density at radius 1 is 1.08 bits per heavy atom. The lowest BCUT2D eigenvalue weighted by molar-refractivity contribution is -0.133. The molecule has 0 bridgehead atoms. The molecule has 0 saturated heterocycles. The van der Waals surface area contributed by atoms with Crippen LogP contribution in [0.3, 0.4) is 0 Å². The number of hydrogen-bond acceptors (Lipinski definition) is 3. The second kappa shape index (κ2) is 8.67. The van der Waals surface area contributed by atoms with Crippen molar-refractivity contribution in [2.45, 2.75) is 6.42 Å². The average Bonchev–Trinajstić information content (AvgIpc) is 2.57. The molecule has 0 aliphatic rings. The third-order valence-electron chi connectivity index (χ3n) is 3.26. The number of carbonyl (C=O) groups excluding carboxylic acids is 2. The second-order valence-corrected chi connectivity index (χ2v) is 5.22. The van der Waals surface area contributed by atoms with Crippen LogP contribution >= 0.6 is 0 Å². The maximum absolute atomic E-state index is 12.8. The van der Waals surface area contributed by atoms with Crippen LogP contribution in [-0.4, -0.2) is 36.9 Å². The highest BCUT2D eigenvalue weighted by atomic mass is 19.1. The first-order chi connectivity index (χ1) is 11.5. The first kappa shape index (κ1) is 17.5. The summed E-state index contributed by atoms with van der Waals surface area (Å²) < 4.78 is 18.3. The predicted molar refractivity (Wildman–Crippen MR) is 89.2 cm³/mol. The summed E-state index contributed by atoms with van der Waals surface area (Å²) in [6, 6.07) is 14.6. The molecule has 0 radical (unpaired) electrons. The molecule has 0 heterocycles. The number of anilines is 1. The minimum absolute atomic E-state index is 0.0818. The largest absolute Gasteiger partial charge is 0.493 e. The molecule has 1 N–H and O–H groups in total. The fourth-order valence-corrected chi connectivity index (χ4v) is 2.00. The number of para-hydroxylation sites is 1. The van der Waals surface area contributed by atoms with Crippen LogP contribution in [0.4, 0.5) is 10.1 Å². The van der Waals surface area contributed by atoms with Gasteiger partial charge in [-0.1, -0.05) is 18.2 Å². The van der Waals surface area contributed by atoms with Crippen LogP contribution in [0.1, 0.15) is 6.42 Å². The molecule has 0 aliphatic heterocycles. The molecular weight excluding hydrogens is 311 g/mol. The van der Waals surface area contributed by atoms with Crippen LogP contribution in [0.2, 0.25) is 0 Å². The summed E-state index contributed by atoms with van der Waals surface area (Å²) in [4.78, 5) is 25.2. The van der Waals surface area contributed by atoms with Crippen molar-refractivity contribution in [2.75, 3.05) is 25.5 Å². The Kier molecular flexibility index (Phi) is 6.31. The van der Waals surface area contributed by atoms with E-state index in [1.165, 1.54) is 29.2 Å². The van der Waals surface area contributed by atoms with Gasteiger partial charge in [0, 0.05) is 12.7 Å². The maximum atomic E-state index is 12.8. The Bertz CT molecular complexity index is 674. The van der Waals surface area contributed by atoms with E-state index in [-0.39, 0.29) is 37.2 Å². The number of nitrogens with zero attached hydrogens (tertiary/aromatic N) is 1. The molecule has 0 spiro atoms. The van der Waals surface area contributed by atoms with Gasteiger partial charge in [-0.25, -0.2) is 4.39 Å². The molecule has 2 aromatic rings. The Labute approximate surface area is 140 Å². The van der Waals surface area contributed by atoms with E-state index in [9.17, 15) is 14.0 Å². The second-order valence-electron chi connectivity index (χ2n) is 5.22. The lowest BCUT2D eigenvalue weighted by Crippen LogP contribution is -2.35. The summed E-state index contributed by atoms with van der Waals surface area (Å²) in [5.41, 5.74) is 0.481. The fourth-order valence-electron chi connectivity index (χ4n) is 2.00. The number of rotatable bonds is 7. The van der Waals surface area contributed by atoms with Crippen molar-refractivity contribution in [1.82, 2.24) is 4.90 Å². The normalized spacial score (nSPS) is 10.1. The molecule has 0 fully saturated rings. The number of ether oxygens (including phenoxy) is 1. The zero-order valence-electron chi connectivity index (χ0n) is 13.4. The first-order valence-corrected chi connectivity index (χ1v) is 7.52. The van der Waals surface area contributed by atoms with Crippen molar-refractivity contribution in [3.05, 3.63) is 60.4 Å². The van der Waals surface area contributed by atoms with Crippen LogP contribution in [0.25, 0.3) is 0 Å². The van der Waals surface area contributed by atoms with Gasteiger partial charge in [0.05, 0.1) is 19.6 Å². The molecule has 5 nitrogen and oxygen atoms in total. The number of hydrogen-bond donors (Lipinski definition) is 1. The van der Waals surface area contributed by atoms with Crippen LogP contribution < -0.4 is 10.1 Å². The van der Waals surface area contributed by atoms with Crippen LogP contribution in [0, 0.1) is 5.82 Å². The molecule has 0 aromatic heterocycles. The Hall–Kier alpha value is -2.89. The summed E-state index contributed by atoms with van der Waals surface area (Å²) in [5.74, 6) is -0.220. The van der Waals surface area contributed by atoms with E-state index in [1.807, 2.05) is 30.3 Å². The van der Waals surface area contributed by atoms with Crippen molar-refractivity contribution in [3.63, 3.8) is 0 Å². The van der Waals surface area contributed by atoms with E-state index in [1.54, 1.807) is 7.05 Å². The highest BCUT2D eigenvalue weighted by Gasteiger charge is 2.13. The maximum Gasteiger partial charge on any atom is 0.243 e. The van der Waals surface area contributed by atoms with Crippen molar-refractivity contribution in [1.29, 1.82) is 0 Å². The molecule has 2 amide bonds. The lowest BCUT2D eigenvalue weighted by Gasteiger charge is -2.17. The minimum atomic E-state index is -0.376. The highest BCUT2D eigenvalue weighted by Crippen LogP contribution is 2.09. The SMILES string of the molecule is CN(CC(=O)Nc1ccc(F)cc1)C(=O)CCOc1ccccc1. The van der Waals surface area contributed by atoms with Crippen LogP contribution in [0.5, 0.6) is 5.75 Å². The molecule has 0 atom stereocenters. The van der Waals surface area contributed by atoms with Crippen molar-refractivity contribution in [2.24, 2.45) is 0 Å². The summed E-state index contributed by atoms with van der Waals surface area (Å²) in [6.45, 7) is 0.161. The molecule has 0 saturated carbocycles. The number of benzene rings is 2. The Morgan fingerprint density at radius 3 is 2.42 bits per heavy atom. The standard InChI is InChI=1S/C18H19FN2O3/c1-21(13-17(22)20-15-9-7-14(19)8-10-15)18(23)11-12-24-16-5-3-2-4-6-16/h2-10H,11-13H2,1H3,(H,20,22). The van der Waals surface area contributed by atoms with E-state index in [0.29, 0.717) is 11.4 Å². The van der Waals surface area contributed by atoms with Gasteiger partial charge in [0.2, 0.25) is 11.8 Å².